The number of hydrogen-bond donors (Lipinski definition) is 1. The van der Waals surface area contributed by atoms with Gasteiger partial charge < -0.3 is 10.2 Å². The molecule has 0 saturated carbocycles. The van der Waals surface area contributed by atoms with Crippen molar-refractivity contribution in [3.05, 3.63) is 135 Å². The number of para-hydroxylation sites is 1. The van der Waals surface area contributed by atoms with Crippen LogP contribution in [0.1, 0.15) is 31.8 Å². The topological polar surface area (TPSA) is 66.5 Å². The van der Waals surface area contributed by atoms with Crippen LogP contribution in [0.4, 0.5) is 11.4 Å². The molecule has 4 aromatic carbocycles. The molecule has 1 N–H and O–H groups in total. The Balaban J connectivity index is 1.56. The highest BCUT2D eigenvalue weighted by Gasteiger charge is 2.70. The summed E-state index contributed by atoms with van der Waals surface area (Å²) >= 11 is 12.9. The fraction of sp³-hybridized carbons (Fsp3) is 0.121. The van der Waals surface area contributed by atoms with Gasteiger partial charge in [0.2, 0.25) is 5.91 Å². The van der Waals surface area contributed by atoms with Crippen LogP contribution in [0, 0.1) is 5.92 Å². The van der Waals surface area contributed by atoms with Gasteiger partial charge in [-0.05, 0) is 47.5 Å². The molecular weight excluding hydrogens is 543 g/mol. The molecule has 40 heavy (non-hydrogen) atoms. The van der Waals surface area contributed by atoms with Gasteiger partial charge in [0.15, 0.2) is 11.6 Å². The molecule has 7 heteroatoms. The van der Waals surface area contributed by atoms with Crippen LogP contribution in [0.15, 0.2) is 103 Å². The zero-order valence-corrected chi connectivity index (χ0v) is 22.6. The second-order valence-corrected chi connectivity index (χ2v) is 11.1. The fourth-order valence-electron chi connectivity index (χ4n) is 6.75. The summed E-state index contributed by atoms with van der Waals surface area (Å²) in [5.74, 6) is -2.01. The Morgan fingerprint density at radius 2 is 1.55 bits per heavy atom. The number of anilines is 2. The lowest BCUT2D eigenvalue weighted by atomic mass is 9.64. The van der Waals surface area contributed by atoms with E-state index in [1.165, 1.54) is 0 Å². The Morgan fingerprint density at radius 3 is 2.35 bits per heavy atom. The van der Waals surface area contributed by atoms with E-state index >= 15 is 0 Å². The average Bonchev–Trinajstić information content (AvgIpc) is 3.45. The van der Waals surface area contributed by atoms with Crippen molar-refractivity contribution in [3.63, 3.8) is 0 Å². The van der Waals surface area contributed by atoms with Crippen LogP contribution in [0.3, 0.4) is 0 Å². The fourth-order valence-corrected chi connectivity index (χ4v) is 7.16. The first-order valence-corrected chi connectivity index (χ1v) is 13.7. The van der Waals surface area contributed by atoms with E-state index in [-0.39, 0.29) is 28.1 Å². The number of Topliss-reactive ketones (excluding diaryl/α,β-unsaturated/α-hetero) is 2. The number of nitrogens with one attached hydrogen (secondary N) is 1. The van der Waals surface area contributed by atoms with Gasteiger partial charge in [0.05, 0.1) is 17.0 Å². The Hall–Kier alpha value is -4.19. The molecule has 4 atom stereocenters. The summed E-state index contributed by atoms with van der Waals surface area (Å²) in [6, 6.07) is 26.9. The van der Waals surface area contributed by atoms with Crippen molar-refractivity contribution in [1.29, 1.82) is 0 Å². The summed E-state index contributed by atoms with van der Waals surface area (Å²) in [7, 11) is 0. The van der Waals surface area contributed by atoms with E-state index < -0.39 is 23.4 Å². The molecule has 1 saturated heterocycles. The summed E-state index contributed by atoms with van der Waals surface area (Å²) in [6.07, 6.45) is 3.84. The summed E-state index contributed by atoms with van der Waals surface area (Å²) in [5.41, 5.74) is 2.20. The zero-order valence-electron chi connectivity index (χ0n) is 21.1. The first-order chi connectivity index (χ1) is 19.4. The minimum absolute atomic E-state index is 0.249. The molecule has 0 bridgehead atoms. The second kappa shape index (κ2) is 9.19. The van der Waals surface area contributed by atoms with Gasteiger partial charge >= 0.3 is 0 Å². The van der Waals surface area contributed by atoms with Crippen molar-refractivity contribution in [2.24, 2.45) is 5.92 Å². The summed E-state index contributed by atoms with van der Waals surface area (Å²) < 4.78 is 0. The molecule has 5 nitrogen and oxygen atoms in total. The van der Waals surface area contributed by atoms with E-state index in [0.717, 1.165) is 11.3 Å². The lowest BCUT2D eigenvalue weighted by Gasteiger charge is -2.37. The number of hydrogen-bond acceptors (Lipinski definition) is 4. The third-order valence-corrected chi connectivity index (χ3v) is 8.91. The Bertz CT molecular complexity index is 1750. The minimum Gasteiger partial charge on any atom is -0.352 e. The molecule has 1 fully saturated rings. The summed E-state index contributed by atoms with van der Waals surface area (Å²) in [6.45, 7) is 0. The molecule has 196 valence electrons. The Labute approximate surface area is 241 Å². The highest BCUT2D eigenvalue weighted by Crippen LogP contribution is 2.58. The number of nitrogens with zero attached hydrogens (tertiary/aromatic N) is 1. The van der Waals surface area contributed by atoms with E-state index in [1.54, 1.807) is 54.6 Å². The summed E-state index contributed by atoms with van der Waals surface area (Å²) in [5, 5.41) is 3.85. The molecule has 7 rings (SSSR count). The molecule has 3 aliphatic rings. The average molecular weight is 565 g/mol. The third-order valence-electron chi connectivity index (χ3n) is 8.34. The van der Waals surface area contributed by atoms with E-state index in [0.29, 0.717) is 21.8 Å². The maximum atomic E-state index is 14.8. The quantitative estimate of drug-likeness (QED) is 0.275. The second-order valence-electron chi connectivity index (χ2n) is 10.3. The molecule has 1 spiro atoms. The van der Waals surface area contributed by atoms with Crippen LogP contribution in [-0.2, 0) is 10.2 Å². The number of fused-ring (bicyclic) bond motifs is 6. The van der Waals surface area contributed by atoms with Crippen LogP contribution < -0.4 is 10.2 Å². The van der Waals surface area contributed by atoms with Gasteiger partial charge in [0, 0.05) is 27.5 Å². The van der Waals surface area contributed by atoms with E-state index in [2.05, 4.69) is 5.32 Å². The van der Waals surface area contributed by atoms with Crippen molar-refractivity contribution >= 4 is 58.1 Å². The largest absolute Gasteiger partial charge is 0.352 e. The van der Waals surface area contributed by atoms with Crippen LogP contribution in [-0.4, -0.2) is 29.6 Å². The van der Waals surface area contributed by atoms with Gasteiger partial charge in [-0.3, -0.25) is 14.4 Å². The SMILES string of the molecule is O=C(c1ccccc1)[C@H]1[C@H](C(=O)c2ccccc2Cl)[C@]2(C(=O)Nc3ccccc32)[C@H]2C=Cc3cc(Cl)ccc3N12. The van der Waals surface area contributed by atoms with E-state index in [1.807, 2.05) is 59.5 Å². The molecule has 0 aliphatic carbocycles. The smallest absolute Gasteiger partial charge is 0.238 e. The van der Waals surface area contributed by atoms with Crippen LogP contribution in [0.2, 0.25) is 10.0 Å². The number of rotatable bonds is 4. The summed E-state index contributed by atoms with van der Waals surface area (Å²) in [4.78, 5) is 45.6. The van der Waals surface area contributed by atoms with Crippen molar-refractivity contribution in [1.82, 2.24) is 0 Å². The molecule has 0 unspecified atom stereocenters. The van der Waals surface area contributed by atoms with Crippen molar-refractivity contribution < 1.29 is 14.4 Å². The van der Waals surface area contributed by atoms with Gasteiger partial charge in [0.25, 0.3) is 0 Å². The third kappa shape index (κ3) is 3.38. The normalized spacial score (nSPS) is 23.9. The number of carbonyl (C=O) groups excluding carboxylic acids is 3. The maximum absolute atomic E-state index is 14.8. The molecule has 3 heterocycles. The molecule has 0 aromatic heterocycles. The predicted molar refractivity (Wildman–Crippen MR) is 157 cm³/mol. The number of amides is 1. The molecule has 1 amide bonds. The van der Waals surface area contributed by atoms with Gasteiger partial charge in [0.1, 0.15) is 11.5 Å². The number of benzene rings is 4. The lowest BCUT2D eigenvalue weighted by Crippen LogP contribution is -2.51. The van der Waals surface area contributed by atoms with Crippen LogP contribution in [0.25, 0.3) is 6.08 Å². The Kier molecular flexibility index (Phi) is 5.70. The van der Waals surface area contributed by atoms with Gasteiger partial charge in [-0.2, -0.15) is 0 Å². The van der Waals surface area contributed by atoms with Crippen molar-refractivity contribution in [3.8, 4) is 0 Å². The van der Waals surface area contributed by atoms with Gasteiger partial charge in [-0.25, -0.2) is 0 Å². The number of ketones is 2. The zero-order chi connectivity index (χ0) is 27.6. The maximum Gasteiger partial charge on any atom is 0.238 e. The molecule has 3 aliphatic heterocycles. The number of halogens is 2. The molecule has 0 radical (unpaired) electrons. The minimum atomic E-state index is -1.39. The van der Waals surface area contributed by atoms with E-state index in [4.69, 9.17) is 23.2 Å². The van der Waals surface area contributed by atoms with Gasteiger partial charge in [-0.1, -0.05) is 96.0 Å². The van der Waals surface area contributed by atoms with Crippen LogP contribution >= 0.6 is 23.2 Å². The van der Waals surface area contributed by atoms with Crippen LogP contribution in [0.5, 0.6) is 0 Å². The van der Waals surface area contributed by atoms with Crippen molar-refractivity contribution in [2.45, 2.75) is 17.5 Å². The molecule has 4 aromatic rings. The monoisotopic (exact) mass is 564 g/mol. The predicted octanol–water partition coefficient (Wildman–Crippen LogP) is 6.85. The Morgan fingerprint density at radius 1 is 0.825 bits per heavy atom. The first-order valence-electron chi connectivity index (χ1n) is 13.0. The number of carbonyl (C=O) groups is 3. The van der Waals surface area contributed by atoms with E-state index in [9.17, 15) is 14.4 Å². The van der Waals surface area contributed by atoms with Gasteiger partial charge in [-0.15, -0.1) is 0 Å². The lowest BCUT2D eigenvalue weighted by molar-refractivity contribution is -0.121. The first kappa shape index (κ1) is 24.8. The molecular formula is C33H22Cl2N2O3. The van der Waals surface area contributed by atoms with Crippen molar-refractivity contribution in [2.75, 3.05) is 10.2 Å². The standard InChI is InChI=1S/C33H22Cl2N2O3/c34-21-15-16-26-20(18-21)14-17-27-33(23-11-5-7-13-25(23)36-32(33)40)28(31(39)22-10-4-6-12-24(22)35)29(37(26)27)30(38)19-8-2-1-3-9-19/h1-18,27-29H,(H,36,40)/t27-,28-,29-,33-/m1/s1. The highest BCUT2D eigenvalue weighted by molar-refractivity contribution is 6.34. The highest BCUT2D eigenvalue weighted by atomic mass is 35.5.